The molecule has 1 aromatic heterocycles. The molecule has 5 rings (SSSR count). The Hall–Kier alpha value is -4.59. The van der Waals surface area contributed by atoms with Gasteiger partial charge in [-0.25, -0.2) is 0 Å². The maximum atomic E-state index is 14.3. The molecule has 212 valence electrons. The topological polar surface area (TPSA) is 104 Å². The number of fused-ring (bicyclic) bond motifs is 1. The van der Waals surface area contributed by atoms with Crippen molar-refractivity contribution in [1.29, 1.82) is 0 Å². The van der Waals surface area contributed by atoms with Gasteiger partial charge in [-0.3, -0.25) is 19.3 Å². The minimum absolute atomic E-state index is 0.0667. The molecule has 0 bridgehead atoms. The zero-order valence-corrected chi connectivity index (χ0v) is 23.5. The normalized spacial score (nSPS) is 14.3. The summed E-state index contributed by atoms with van der Waals surface area (Å²) in [6, 6.07) is 21.3. The van der Waals surface area contributed by atoms with Crippen LogP contribution in [0, 0.1) is 0 Å². The third kappa shape index (κ3) is 6.60. The number of amides is 3. The molecule has 41 heavy (non-hydrogen) atoms. The standard InChI is InChI=1S/C33H36N4O4/c1-22(38)35-26-15-17-27(18-16-26)37(31(39)20-24-21-34-30-14-7-6-13-29(24)30)32(23-9-8-12-28(19-23)41-2)33(40)36-25-10-4-3-5-11-25/h6-9,12-19,21,25,32,34H,3-5,10-11,20H2,1-2H3,(H,35,38)(H,36,40). The number of benzene rings is 3. The lowest BCUT2D eigenvalue weighted by Gasteiger charge is -2.33. The van der Waals surface area contributed by atoms with E-state index in [1.807, 2.05) is 54.7 Å². The van der Waals surface area contributed by atoms with Crippen LogP contribution in [0.15, 0.2) is 79.0 Å². The van der Waals surface area contributed by atoms with Crippen LogP contribution < -0.4 is 20.3 Å². The van der Waals surface area contributed by atoms with Crippen molar-refractivity contribution in [3.05, 3.63) is 90.1 Å². The zero-order chi connectivity index (χ0) is 28.8. The van der Waals surface area contributed by atoms with Crippen molar-refractivity contribution in [2.45, 2.75) is 57.5 Å². The Labute approximate surface area is 240 Å². The Morgan fingerprint density at radius 1 is 0.976 bits per heavy atom. The lowest BCUT2D eigenvalue weighted by atomic mass is 9.94. The van der Waals surface area contributed by atoms with Gasteiger partial charge in [0.05, 0.1) is 13.5 Å². The number of nitrogens with one attached hydrogen (secondary N) is 3. The van der Waals surface area contributed by atoms with Crippen LogP contribution in [0.5, 0.6) is 5.75 Å². The molecule has 1 heterocycles. The summed E-state index contributed by atoms with van der Waals surface area (Å²) in [7, 11) is 1.58. The lowest BCUT2D eigenvalue weighted by molar-refractivity contribution is -0.127. The van der Waals surface area contributed by atoms with Gasteiger partial charge in [0.15, 0.2) is 0 Å². The number of rotatable bonds is 9. The molecule has 3 aromatic carbocycles. The van der Waals surface area contributed by atoms with Crippen LogP contribution in [0.2, 0.25) is 0 Å². The maximum Gasteiger partial charge on any atom is 0.248 e. The van der Waals surface area contributed by atoms with E-state index in [0.29, 0.717) is 22.7 Å². The quantitative estimate of drug-likeness (QED) is 0.240. The molecular formula is C33H36N4O4. The van der Waals surface area contributed by atoms with E-state index in [-0.39, 0.29) is 30.2 Å². The van der Waals surface area contributed by atoms with Gasteiger partial charge in [0.25, 0.3) is 0 Å². The summed E-state index contributed by atoms with van der Waals surface area (Å²) in [5.41, 5.74) is 3.60. The van der Waals surface area contributed by atoms with E-state index in [1.165, 1.54) is 13.3 Å². The maximum absolute atomic E-state index is 14.3. The number of nitrogens with zero attached hydrogens (tertiary/aromatic N) is 1. The predicted octanol–water partition coefficient (Wildman–Crippen LogP) is 5.90. The highest BCUT2D eigenvalue weighted by molar-refractivity contribution is 6.03. The third-order valence-electron chi connectivity index (χ3n) is 7.62. The van der Waals surface area contributed by atoms with E-state index in [0.717, 1.165) is 42.1 Å². The Balaban J connectivity index is 1.57. The molecule has 8 nitrogen and oxygen atoms in total. The van der Waals surface area contributed by atoms with Gasteiger partial charge in [-0.15, -0.1) is 0 Å². The number of aromatic amines is 1. The molecule has 0 spiro atoms. The molecule has 1 unspecified atom stereocenters. The van der Waals surface area contributed by atoms with Crippen molar-refractivity contribution < 1.29 is 19.1 Å². The molecule has 3 amide bonds. The van der Waals surface area contributed by atoms with Gasteiger partial charge in [0.1, 0.15) is 11.8 Å². The van der Waals surface area contributed by atoms with E-state index < -0.39 is 6.04 Å². The second-order valence-electron chi connectivity index (χ2n) is 10.6. The van der Waals surface area contributed by atoms with Gasteiger partial charge < -0.3 is 20.4 Å². The molecule has 4 aromatic rings. The number of ether oxygens (including phenoxy) is 1. The number of H-pyrrole nitrogens is 1. The minimum atomic E-state index is -0.934. The first-order valence-electron chi connectivity index (χ1n) is 14.1. The SMILES string of the molecule is COc1cccc(C(C(=O)NC2CCCCC2)N(C(=O)Cc2c[nH]c3ccccc23)c2ccc(NC(C)=O)cc2)c1. The molecule has 1 saturated carbocycles. The molecule has 1 atom stereocenters. The Bertz CT molecular complexity index is 1520. The van der Waals surface area contributed by atoms with Gasteiger partial charge in [-0.2, -0.15) is 0 Å². The highest BCUT2D eigenvalue weighted by atomic mass is 16.5. The highest BCUT2D eigenvalue weighted by Gasteiger charge is 2.34. The average molecular weight is 553 g/mol. The predicted molar refractivity (Wildman–Crippen MR) is 161 cm³/mol. The van der Waals surface area contributed by atoms with Crippen molar-refractivity contribution in [3.8, 4) is 5.75 Å². The molecule has 0 saturated heterocycles. The summed E-state index contributed by atoms with van der Waals surface area (Å²) in [5.74, 6) is -0.0499. The first kappa shape index (κ1) is 28.0. The number of aromatic nitrogens is 1. The van der Waals surface area contributed by atoms with Crippen LogP contribution in [0.25, 0.3) is 10.9 Å². The number of methoxy groups -OCH3 is 1. The smallest absolute Gasteiger partial charge is 0.248 e. The largest absolute Gasteiger partial charge is 0.497 e. The summed E-state index contributed by atoms with van der Waals surface area (Å²) in [4.78, 5) is 44.9. The van der Waals surface area contributed by atoms with Gasteiger partial charge in [-0.05, 0) is 66.4 Å². The molecule has 0 radical (unpaired) electrons. The van der Waals surface area contributed by atoms with Crippen LogP contribution in [-0.2, 0) is 20.8 Å². The Morgan fingerprint density at radius 2 is 1.73 bits per heavy atom. The number of carbonyl (C=O) groups excluding carboxylic acids is 3. The van der Waals surface area contributed by atoms with E-state index in [1.54, 1.807) is 36.3 Å². The first-order valence-corrected chi connectivity index (χ1v) is 14.1. The van der Waals surface area contributed by atoms with Crippen LogP contribution >= 0.6 is 0 Å². The van der Waals surface area contributed by atoms with Crippen molar-refractivity contribution in [2.24, 2.45) is 0 Å². The third-order valence-corrected chi connectivity index (χ3v) is 7.62. The second kappa shape index (κ2) is 12.7. The number of carbonyl (C=O) groups is 3. The fourth-order valence-electron chi connectivity index (χ4n) is 5.63. The monoisotopic (exact) mass is 552 g/mol. The molecule has 1 fully saturated rings. The summed E-state index contributed by atoms with van der Waals surface area (Å²) < 4.78 is 5.49. The Kier molecular flexibility index (Phi) is 8.67. The number of hydrogen-bond acceptors (Lipinski definition) is 4. The molecule has 0 aliphatic heterocycles. The molecule has 3 N–H and O–H groups in total. The molecular weight excluding hydrogens is 516 g/mol. The molecule has 1 aliphatic rings. The van der Waals surface area contributed by atoms with Crippen LogP contribution in [-0.4, -0.2) is 35.9 Å². The van der Waals surface area contributed by atoms with E-state index >= 15 is 0 Å². The number of anilines is 2. The highest BCUT2D eigenvalue weighted by Crippen LogP contribution is 2.33. The van der Waals surface area contributed by atoms with Crippen molar-refractivity contribution in [3.63, 3.8) is 0 Å². The number of para-hydroxylation sites is 1. The van der Waals surface area contributed by atoms with Crippen molar-refractivity contribution >= 4 is 40.0 Å². The second-order valence-corrected chi connectivity index (χ2v) is 10.6. The fourth-order valence-corrected chi connectivity index (χ4v) is 5.63. The lowest BCUT2D eigenvalue weighted by Crippen LogP contribution is -2.47. The van der Waals surface area contributed by atoms with Crippen LogP contribution in [0.4, 0.5) is 11.4 Å². The van der Waals surface area contributed by atoms with E-state index in [2.05, 4.69) is 15.6 Å². The first-order chi connectivity index (χ1) is 19.9. The Morgan fingerprint density at radius 3 is 2.46 bits per heavy atom. The van der Waals surface area contributed by atoms with Crippen molar-refractivity contribution in [2.75, 3.05) is 17.3 Å². The average Bonchev–Trinajstić information content (AvgIpc) is 3.39. The molecule has 1 aliphatic carbocycles. The van der Waals surface area contributed by atoms with Gasteiger partial charge in [-0.1, -0.05) is 49.6 Å². The van der Waals surface area contributed by atoms with Gasteiger partial charge in [0, 0.05) is 41.4 Å². The zero-order valence-electron chi connectivity index (χ0n) is 23.5. The van der Waals surface area contributed by atoms with E-state index in [9.17, 15) is 14.4 Å². The van der Waals surface area contributed by atoms with Gasteiger partial charge in [0.2, 0.25) is 17.7 Å². The van der Waals surface area contributed by atoms with Crippen molar-refractivity contribution in [1.82, 2.24) is 10.3 Å². The van der Waals surface area contributed by atoms with E-state index in [4.69, 9.17) is 4.74 Å². The minimum Gasteiger partial charge on any atom is -0.497 e. The summed E-state index contributed by atoms with van der Waals surface area (Å²) in [6.45, 7) is 1.44. The van der Waals surface area contributed by atoms with Crippen LogP contribution in [0.1, 0.15) is 56.2 Å². The van der Waals surface area contributed by atoms with Gasteiger partial charge >= 0.3 is 0 Å². The summed E-state index contributed by atoms with van der Waals surface area (Å²) >= 11 is 0. The summed E-state index contributed by atoms with van der Waals surface area (Å²) in [5, 5.41) is 6.98. The fraction of sp³-hybridized carbons (Fsp3) is 0.303. The molecule has 8 heteroatoms. The summed E-state index contributed by atoms with van der Waals surface area (Å²) in [6.07, 6.45) is 7.10. The van der Waals surface area contributed by atoms with Crippen LogP contribution in [0.3, 0.4) is 0 Å². The number of hydrogen-bond donors (Lipinski definition) is 3.